The van der Waals surface area contributed by atoms with Crippen LogP contribution in [0, 0.1) is 0 Å². The Morgan fingerprint density at radius 2 is 1.46 bits per heavy atom. The average Bonchev–Trinajstić information content (AvgIpc) is 2.70. The van der Waals surface area contributed by atoms with Crippen LogP contribution in [0.25, 0.3) is 0 Å². The number of aliphatic hydroxyl groups is 1. The van der Waals surface area contributed by atoms with Gasteiger partial charge >= 0.3 is 23.9 Å². The molecule has 0 aliphatic carbocycles. The number of carbonyl (C=O) groups is 4. The first-order valence-corrected chi connectivity index (χ1v) is 7.10. The molecule has 136 valence electrons. The average molecular weight is 348 g/mol. The third-order valence-electron chi connectivity index (χ3n) is 2.96. The van der Waals surface area contributed by atoms with Gasteiger partial charge in [-0.15, -0.1) is 0 Å². The van der Waals surface area contributed by atoms with Gasteiger partial charge in [0, 0.05) is 27.7 Å². The molecule has 1 unspecified atom stereocenters. The molecular formula is C14H20O10. The van der Waals surface area contributed by atoms with Gasteiger partial charge in [-0.2, -0.15) is 0 Å². The largest absolute Gasteiger partial charge is 0.462 e. The minimum absolute atomic E-state index is 0.392. The van der Waals surface area contributed by atoms with E-state index in [-0.39, 0.29) is 0 Å². The third kappa shape index (κ3) is 5.78. The van der Waals surface area contributed by atoms with Gasteiger partial charge in [-0.25, -0.2) is 0 Å². The van der Waals surface area contributed by atoms with Crippen molar-refractivity contribution < 1.29 is 48.0 Å². The van der Waals surface area contributed by atoms with Crippen LogP contribution < -0.4 is 0 Å². The molecule has 1 N–H and O–H groups in total. The Morgan fingerprint density at radius 1 is 0.917 bits per heavy atom. The predicted molar refractivity (Wildman–Crippen MR) is 74.2 cm³/mol. The fourth-order valence-corrected chi connectivity index (χ4v) is 2.22. The van der Waals surface area contributed by atoms with E-state index in [2.05, 4.69) is 0 Å². The van der Waals surface area contributed by atoms with E-state index in [4.69, 9.17) is 23.7 Å². The maximum Gasteiger partial charge on any atom is 0.303 e. The van der Waals surface area contributed by atoms with Crippen molar-refractivity contribution in [3.63, 3.8) is 0 Å². The number of hydrogen-bond donors (Lipinski definition) is 1. The van der Waals surface area contributed by atoms with Crippen molar-refractivity contribution in [3.8, 4) is 0 Å². The molecule has 0 spiro atoms. The highest BCUT2D eigenvalue weighted by Gasteiger charge is 2.52. The highest BCUT2D eigenvalue weighted by atomic mass is 16.7. The summed E-state index contributed by atoms with van der Waals surface area (Å²) < 4.78 is 25.0. The smallest absolute Gasteiger partial charge is 0.303 e. The number of ether oxygens (including phenoxy) is 5. The Hall–Kier alpha value is -2.20. The summed E-state index contributed by atoms with van der Waals surface area (Å²) in [4.78, 5) is 44.7. The number of hydrogen-bond acceptors (Lipinski definition) is 10. The summed E-state index contributed by atoms with van der Waals surface area (Å²) in [5, 5.41) is 9.91. The molecule has 10 nitrogen and oxygen atoms in total. The second-order valence-electron chi connectivity index (χ2n) is 5.09. The molecule has 0 aromatic rings. The van der Waals surface area contributed by atoms with Crippen molar-refractivity contribution in [2.24, 2.45) is 0 Å². The molecule has 0 aromatic heterocycles. The zero-order chi connectivity index (χ0) is 18.4. The molecule has 5 atom stereocenters. The second kappa shape index (κ2) is 8.60. The van der Waals surface area contributed by atoms with Gasteiger partial charge in [0.05, 0.1) is 0 Å². The molecular weight excluding hydrogens is 328 g/mol. The highest BCUT2D eigenvalue weighted by molar-refractivity contribution is 5.68. The summed E-state index contributed by atoms with van der Waals surface area (Å²) in [7, 11) is 0. The van der Waals surface area contributed by atoms with E-state index in [1.54, 1.807) is 0 Å². The normalized spacial score (nSPS) is 27.0. The maximum atomic E-state index is 11.3. The van der Waals surface area contributed by atoms with E-state index in [9.17, 15) is 24.3 Å². The summed E-state index contributed by atoms with van der Waals surface area (Å²) in [6.07, 6.45) is -6.55. The van der Waals surface area contributed by atoms with E-state index in [1.807, 2.05) is 0 Å². The molecule has 24 heavy (non-hydrogen) atoms. The first-order valence-electron chi connectivity index (χ1n) is 7.10. The van der Waals surface area contributed by atoms with Crippen LogP contribution in [-0.2, 0) is 42.9 Å². The topological polar surface area (TPSA) is 135 Å². The van der Waals surface area contributed by atoms with Crippen molar-refractivity contribution in [1.82, 2.24) is 0 Å². The Labute approximate surface area is 137 Å². The van der Waals surface area contributed by atoms with Crippen LogP contribution in [0.5, 0.6) is 0 Å². The summed E-state index contributed by atoms with van der Waals surface area (Å²) >= 11 is 0. The lowest BCUT2D eigenvalue weighted by Crippen LogP contribution is -2.46. The molecule has 1 fully saturated rings. The molecule has 1 aliphatic rings. The molecule has 0 amide bonds. The van der Waals surface area contributed by atoms with Crippen molar-refractivity contribution in [2.45, 2.75) is 58.4 Å². The van der Waals surface area contributed by atoms with E-state index >= 15 is 0 Å². The molecule has 1 rings (SSSR count). The first-order chi connectivity index (χ1) is 11.1. The van der Waals surface area contributed by atoms with Gasteiger partial charge in [-0.05, 0) is 0 Å². The number of carbonyl (C=O) groups excluding carboxylic acids is 4. The third-order valence-corrected chi connectivity index (χ3v) is 2.96. The van der Waals surface area contributed by atoms with Gasteiger partial charge in [0.1, 0.15) is 12.7 Å². The first kappa shape index (κ1) is 19.8. The summed E-state index contributed by atoms with van der Waals surface area (Å²) in [6, 6.07) is 0. The molecule has 0 saturated carbocycles. The maximum absolute atomic E-state index is 11.3. The van der Waals surface area contributed by atoms with Crippen molar-refractivity contribution in [1.29, 1.82) is 0 Å². The zero-order valence-electron chi connectivity index (χ0n) is 13.7. The van der Waals surface area contributed by atoms with Crippen LogP contribution in [0.1, 0.15) is 27.7 Å². The monoisotopic (exact) mass is 348 g/mol. The fourth-order valence-electron chi connectivity index (χ4n) is 2.22. The number of aliphatic hydroxyl groups excluding tert-OH is 1. The van der Waals surface area contributed by atoms with Crippen LogP contribution in [0.3, 0.4) is 0 Å². The van der Waals surface area contributed by atoms with Gasteiger partial charge in [-0.1, -0.05) is 0 Å². The van der Waals surface area contributed by atoms with Gasteiger partial charge in [-0.3, -0.25) is 19.2 Å². The lowest BCUT2D eigenvalue weighted by molar-refractivity contribution is -0.184. The minimum atomic E-state index is -1.61. The molecule has 0 radical (unpaired) electrons. The summed E-state index contributed by atoms with van der Waals surface area (Å²) in [5.74, 6) is -2.80. The number of esters is 4. The van der Waals surface area contributed by atoms with E-state index in [0.29, 0.717) is 0 Å². The van der Waals surface area contributed by atoms with Crippen molar-refractivity contribution >= 4 is 23.9 Å². The van der Waals surface area contributed by atoms with Crippen LogP contribution in [0.15, 0.2) is 0 Å². The lowest BCUT2D eigenvalue weighted by Gasteiger charge is -2.27. The van der Waals surface area contributed by atoms with Crippen molar-refractivity contribution in [2.75, 3.05) is 6.61 Å². The standard InChI is InChI=1S/C14H20O10/c1-6(15)20-5-10(21-7(2)16)11-12(22-8(3)17)13(14(19)24-11)23-9(4)18/h10-14,19H,5H2,1-4H3/t10-,11+,12?,13+,14-/m1/s1. The second-order valence-corrected chi connectivity index (χ2v) is 5.09. The molecule has 1 heterocycles. The Balaban J connectivity index is 3.03. The fraction of sp³-hybridized carbons (Fsp3) is 0.714. The van der Waals surface area contributed by atoms with Crippen LogP contribution in [-0.4, -0.2) is 66.3 Å². The quantitative estimate of drug-likeness (QED) is 0.473. The Kier molecular flexibility index (Phi) is 7.11. The van der Waals surface area contributed by atoms with E-state index in [0.717, 1.165) is 27.7 Å². The van der Waals surface area contributed by atoms with Crippen LogP contribution in [0.4, 0.5) is 0 Å². The molecule has 10 heteroatoms. The predicted octanol–water partition coefficient (Wildman–Crippen LogP) is -0.938. The van der Waals surface area contributed by atoms with Gasteiger partial charge in [0.2, 0.25) is 0 Å². The molecule has 0 aromatic carbocycles. The molecule has 1 saturated heterocycles. The summed E-state index contributed by atoms with van der Waals surface area (Å²) in [5.41, 5.74) is 0. The van der Waals surface area contributed by atoms with Crippen LogP contribution >= 0.6 is 0 Å². The van der Waals surface area contributed by atoms with Gasteiger partial charge in [0.25, 0.3) is 0 Å². The van der Waals surface area contributed by atoms with Gasteiger partial charge < -0.3 is 28.8 Å². The van der Waals surface area contributed by atoms with E-state index in [1.165, 1.54) is 0 Å². The highest BCUT2D eigenvalue weighted by Crippen LogP contribution is 2.29. The Morgan fingerprint density at radius 3 is 1.92 bits per heavy atom. The van der Waals surface area contributed by atoms with Crippen molar-refractivity contribution in [3.05, 3.63) is 0 Å². The zero-order valence-corrected chi connectivity index (χ0v) is 13.7. The molecule has 0 bridgehead atoms. The summed E-state index contributed by atoms with van der Waals surface area (Å²) in [6.45, 7) is 4.10. The minimum Gasteiger partial charge on any atom is -0.462 e. The SMILES string of the molecule is CC(=O)OC[C@@H](OC(C)=O)[C@@H]1O[C@@H](O)[C@@H](OC(C)=O)C1OC(C)=O. The van der Waals surface area contributed by atoms with Crippen LogP contribution in [0.2, 0.25) is 0 Å². The van der Waals surface area contributed by atoms with E-state index < -0.39 is 61.2 Å². The molecule has 1 aliphatic heterocycles. The van der Waals surface area contributed by atoms with Gasteiger partial charge in [0.15, 0.2) is 24.6 Å². The number of rotatable bonds is 6. The Bertz CT molecular complexity index is 502. The lowest BCUT2D eigenvalue weighted by atomic mass is 10.1.